The van der Waals surface area contributed by atoms with Crippen LogP contribution in [0, 0.1) is 5.92 Å². The van der Waals surface area contributed by atoms with E-state index in [1.165, 1.54) is 0 Å². The Bertz CT molecular complexity index is 533. The third-order valence-corrected chi connectivity index (χ3v) is 4.62. The quantitative estimate of drug-likeness (QED) is 0.655. The summed E-state index contributed by atoms with van der Waals surface area (Å²) in [6.45, 7) is 1.54. The number of anilines is 1. The topological polar surface area (TPSA) is 72.3 Å². The summed E-state index contributed by atoms with van der Waals surface area (Å²) in [4.78, 5) is 15.0. The average Bonchev–Trinajstić information content (AvgIpc) is 2.46. The largest absolute Gasteiger partial charge is 0.389 e. The molecule has 1 unspecified atom stereocenters. The highest BCUT2D eigenvalue weighted by atomic mass is 32.2. The summed E-state index contributed by atoms with van der Waals surface area (Å²) in [7, 11) is 0. The van der Waals surface area contributed by atoms with Gasteiger partial charge in [-0.3, -0.25) is 4.79 Å². The van der Waals surface area contributed by atoms with Crippen LogP contribution in [0.3, 0.4) is 0 Å². The minimum atomic E-state index is -0.229. The van der Waals surface area contributed by atoms with Gasteiger partial charge in [0.2, 0.25) is 5.91 Å². The van der Waals surface area contributed by atoms with E-state index in [1.54, 1.807) is 11.8 Å². The predicted molar refractivity (Wildman–Crippen MR) is 88.2 cm³/mol. The number of hydrogen-bond donors (Lipinski definition) is 2. The number of amides is 1. The van der Waals surface area contributed by atoms with E-state index in [9.17, 15) is 4.79 Å². The van der Waals surface area contributed by atoms with E-state index in [0.29, 0.717) is 11.5 Å². The molecule has 0 radical (unpaired) electrons. The monoisotopic (exact) mass is 309 g/mol. The van der Waals surface area contributed by atoms with Crippen LogP contribution in [0.1, 0.15) is 18.4 Å². The molecule has 1 aliphatic rings. The summed E-state index contributed by atoms with van der Waals surface area (Å²) in [5.74, 6) is -0.325. The van der Waals surface area contributed by atoms with Crippen LogP contribution in [0.4, 0.5) is 5.69 Å². The number of carbonyl (C=O) groups excluding carboxylic acids is 1. The summed E-state index contributed by atoms with van der Waals surface area (Å²) >= 11 is 6.82. The molecule has 2 rings (SSSR count). The normalized spacial score (nSPS) is 18.9. The number of thioether (sulfide) groups is 1. The molecule has 1 fully saturated rings. The van der Waals surface area contributed by atoms with Crippen LogP contribution in [0.25, 0.3) is 0 Å². The van der Waals surface area contributed by atoms with Gasteiger partial charge in [0, 0.05) is 29.2 Å². The number of nitrogens with two attached hydrogens (primary N) is 2. The van der Waals surface area contributed by atoms with E-state index in [2.05, 4.69) is 4.90 Å². The molecule has 20 heavy (non-hydrogen) atoms. The van der Waals surface area contributed by atoms with Crippen molar-refractivity contribution < 1.29 is 4.79 Å². The molecule has 1 aromatic rings. The molecule has 4 N–H and O–H groups in total. The Kier molecular flexibility index (Phi) is 4.88. The Morgan fingerprint density at radius 3 is 2.80 bits per heavy atom. The number of piperidine rings is 1. The molecule has 0 aliphatic carbocycles. The molecule has 1 aliphatic heterocycles. The SMILES string of the molecule is CSc1cccc(N2CCCC(C(N)=O)C2)c1C(N)=S. The molecule has 1 saturated heterocycles. The van der Waals surface area contributed by atoms with Gasteiger partial charge in [-0.25, -0.2) is 0 Å². The first-order valence-corrected chi connectivity index (χ1v) is 8.19. The summed E-state index contributed by atoms with van der Waals surface area (Å²) in [5.41, 5.74) is 13.2. The van der Waals surface area contributed by atoms with Crippen molar-refractivity contribution in [3.05, 3.63) is 23.8 Å². The van der Waals surface area contributed by atoms with Crippen molar-refractivity contribution in [3.63, 3.8) is 0 Å². The van der Waals surface area contributed by atoms with Crippen LogP contribution in [0.5, 0.6) is 0 Å². The summed E-state index contributed by atoms with van der Waals surface area (Å²) in [6, 6.07) is 6.02. The molecule has 0 bridgehead atoms. The van der Waals surface area contributed by atoms with E-state index in [-0.39, 0.29) is 11.8 Å². The van der Waals surface area contributed by atoms with Gasteiger partial charge in [0.15, 0.2) is 0 Å². The molecular weight excluding hydrogens is 290 g/mol. The van der Waals surface area contributed by atoms with Crippen molar-refractivity contribution in [1.29, 1.82) is 0 Å². The molecular formula is C14H19N3OS2. The lowest BCUT2D eigenvalue weighted by Crippen LogP contribution is -2.42. The second kappa shape index (κ2) is 6.45. The minimum Gasteiger partial charge on any atom is -0.389 e. The molecule has 0 spiro atoms. The van der Waals surface area contributed by atoms with Gasteiger partial charge in [0.05, 0.1) is 5.92 Å². The molecule has 4 nitrogen and oxygen atoms in total. The Morgan fingerprint density at radius 2 is 2.20 bits per heavy atom. The van der Waals surface area contributed by atoms with Crippen LogP contribution < -0.4 is 16.4 Å². The molecule has 0 aromatic heterocycles. The molecule has 1 aromatic carbocycles. The molecule has 108 valence electrons. The number of hydrogen-bond acceptors (Lipinski definition) is 4. The van der Waals surface area contributed by atoms with Crippen LogP contribution in [-0.2, 0) is 4.79 Å². The highest BCUT2D eigenvalue weighted by molar-refractivity contribution is 7.98. The van der Waals surface area contributed by atoms with Gasteiger partial charge >= 0.3 is 0 Å². The fraction of sp³-hybridized carbons (Fsp3) is 0.429. The van der Waals surface area contributed by atoms with Gasteiger partial charge in [-0.1, -0.05) is 18.3 Å². The molecule has 6 heteroatoms. The number of primary amides is 1. The highest BCUT2D eigenvalue weighted by Gasteiger charge is 2.26. The summed E-state index contributed by atoms with van der Waals surface area (Å²) in [5, 5.41) is 0. The Hall–Kier alpha value is -1.27. The lowest BCUT2D eigenvalue weighted by Gasteiger charge is -2.34. The number of thiocarbonyl (C=S) groups is 1. The average molecular weight is 309 g/mol. The number of benzene rings is 1. The third kappa shape index (κ3) is 3.07. The van der Waals surface area contributed by atoms with Gasteiger partial charge in [-0.05, 0) is 31.2 Å². The standard InChI is InChI=1S/C14H19N3OS2/c1-20-11-6-2-5-10(12(11)14(16)19)17-7-3-4-9(8-17)13(15)18/h2,5-6,9H,3-4,7-8H2,1H3,(H2,15,18)(H2,16,19). The first kappa shape index (κ1) is 15.1. The highest BCUT2D eigenvalue weighted by Crippen LogP contribution is 2.32. The number of nitrogens with zero attached hydrogens (tertiary/aromatic N) is 1. The summed E-state index contributed by atoms with van der Waals surface area (Å²) < 4.78 is 0. The first-order chi connectivity index (χ1) is 9.54. The molecule has 1 atom stereocenters. The fourth-order valence-corrected chi connectivity index (χ4v) is 3.54. The maximum absolute atomic E-state index is 11.4. The van der Waals surface area contributed by atoms with Gasteiger partial charge in [-0.15, -0.1) is 11.8 Å². The zero-order valence-electron chi connectivity index (χ0n) is 11.5. The lowest BCUT2D eigenvalue weighted by molar-refractivity contribution is -0.122. The van der Waals surface area contributed by atoms with Gasteiger partial charge < -0.3 is 16.4 Å². The Morgan fingerprint density at radius 1 is 1.45 bits per heavy atom. The van der Waals surface area contributed by atoms with Crippen molar-refractivity contribution in [1.82, 2.24) is 0 Å². The second-order valence-electron chi connectivity index (χ2n) is 4.91. The molecule has 1 heterocycles. The van der Waals surface area contributed by atoms with Crippen LogP contribution in [0.2, 0.25) is 0 Å². The lowest BCUT2D eigenvalue weighted by atomic mass is 9.96. The second-order valence-corrected chi connectivity index (χ2v) is 6.19. The number of carbonyl (C=O) groups is 1. The first-order valence-electron chi connectivity index (χ1n) is 6.55. The zero-order valence-corrected chi connectivity index (χ0v) is 13.1. The van der Waals surface area contributed by atoms with Crippen LogP contribution in [0.15, 0.2) is 23.1 Å². The maximum atomic E-state index is 11.4. The minimum absolute atomic E-state index is 0.0964. The van der Waals surface area contributed by atoms with Gasteiger partial charge in [-0.2, -0.15) is 0 Å². The number of rotatable bonds is 4. The van der Waals surface area contributed by atoms with E-state index in [4.69, 9.17) is 23.7 Å². The van der Waals surface area contributed by atoms with Gasteiger partial charge in [0.1, 0.15) is 4.99 Å². The van der Waals surface area contributed by atoms with Crippen molar-refractivity contribution in [2.24, 2.45) is 17.4 Å². The third-order valence-electron chi connectivity index (χ3n) is 3.63. The maximum Gasteiger partial charge on any atom is 0.222 e. The zero-order chi connectivity index (χ0) is 14.7. The van der Waals surface area contributed by atoms with Crippen molar-refractivity contribution in [2.45, 2.75) is 17.7 Å². The van der Waals surface area contributed by atoms with E-state index in [0.717, 1.165) is 35.5 Å². The fourth-order valence-electron chi connectivity index (χ4n) is 2.63. The smallest absolute Gasteiger partial charge is 0.222 e. The van der Waals surface area contributed by atoms with Crippen molar-refractivity contribution >= 4 is 40.6 Å². The van der Waals surface area contributed by atoms with E-state index >= 15 is 0 Å². The molecule has 0 saturated carbocycles. The van der Waals surface area contributed by atoms with E-state index < -0.39 is 0 Å². The Labute approximate surface area is 128 Å². The van der Waals surface area contributed by atoms with Crippen molar-refractivity contribution in [2.75, 3.05) is 24.2 Å². The Balaban J connectivity index is 2.37. The molecule has 1 amide bonds. The van der Waals surface area contributed by atoms with Gasteiger partial charge in [0.25, 0.3) is 0 Å². The summed E-state index contributed by atoms with van der Waals surface area (Å²) in [6.07, 6.45) is 3.81. The van der Waals surface area contributed by atoms with Crippen LogP contribution in [-0.4, -0.2) is 30.2 Å². The predicted octanol–water partition coefficient (Wildman–Crippen LogP) is 1.74. The van der Waals surface area contributed by atoms with E-state index in [1.807, 2.05) is 24.5 Å². The van der Waals surface area contributed by atoms with Crippen LogP contribution >= 0.6 is 24.0 Å². The van der Waals surface area contributed by atoms with Crippen molar-refractivity contribution in [3.8, 4) is 0 Å².